The van der Waals surface area contributed by atoms with Gasteiger partial charge in [0.1, 0.15) is 0 Å². The van der Waals surface area contributed by atoms with Crippen molar-refractivity contribution in [1.29, 1.82) is 0 Å². The van der Waals surface area contributed by atoms with Crippen molar-refractivity contribution in [3.05, 3.63) is 0 Å². The van der Waals surface area contributed by atoms with E-state index in [1.165, 1.54) is 0 Å². The standard InChI is InChI=1S/C16H34N2O3/c1-6-14(19)18-11-8-16(5,7-2)21-12-9-15(3,4)20-13-10-17/h6-13,17H2,1-5H3,(H,18,19). The second-order valence-corrected chi connectivity index (χ2v) is 6.25. The number of rotatable bonds is 12. The van der Waals surface area contributed by atoms with Crippen LogP contribution in [0, 0.1) is 0 Å². The first-order valence-electron chi connectivity index (χ1n) is 8.03. The average Bonchev–Trinajstić information content (AvgIpc) is 2.44. The van der Waals surface area contributed by atoms with Gasteiger partial charge in [0.05, 0.1) is 24.4 Å². The van der Waals surface area contributed by atoms with Crippen molar-refractivity contribution in [2.75, 3.05) is 26.3 Å². The SMILES string of the molecule is CCC(=O)NCCC(C)(CC)OCCC(C)(C)OCCN. The van der Waals surface area contributed by atoms with Crippen molar-refractivity contribution < 1.29 is 14.3 Å². The van der Waals surface area contributed by atoms with Gasteiger partial charge in [-0.05, 0) is 40.0 Å². The maximum Gasteiger partial charge on any atom is 0.219 e. The Kier molecular flexibility index (Phi) is 9.83. The zero-order valence-electron chi connectivity index (χ0n) is 14.5. The molecule has 0 aliphatic carbocycles. The molecule has 126 valence electrons. The highest BCUT2D eigenvalue weighted by Crippen LogP contribution is 2.22. The summed E-state index contributed by atoms with van der Waals surface area (Å²) in [5.74, 6) is 0.0878. The highest BCUT2D eigenvalue weighted by Gasteiger charge is 2.25. The van der Waals surface area contributed by atoms with Crippen molar-refractivity contribution in [3.8, 4) is 0 Å². The Labute approximate surface area is 129 Å². The molecule has 0 aromatic rings. The molecule has 0 aromatic heterocycles. The summed E-state index contributed by atoms with van der Waals surface area (Å²) >= 11 is 0. The quantitative estimate of drug-likeness (QED) is 0.580. The molecule has 0 bridgehead atoms. The molecule has 0 aliphatic rings. The lowest BCUT2D eigenvalue weighted by Gasteiger charge is -2.31. The molecule has 0 spiro atoms. The lowest BCUT2D eigenvalue weighted by molar-refractivity contribution is -0.121. The summed E-state index contributed by atoms with van der Waals surface area (Å²) in [7, 11) is 0. The van der Waals surface area contributed by atoms with Crippen LogP contribution in [0.25, 0.3) is 0 Å². The lowest BCUT2D eigenvalue weighted by atomic mass is 9.98. The van der Waals surface area contributed by atoms with E-state index in [0.717, 1.165) is 19.3 Å². The van der Waals surface area contributed by atoms with Crippen LogP contribution in [-0.4, -0.2) is 43.4 Å². The Hall–Kier alpha value is -0.650. The van der Waals surface area contributed by atoms with Crippen molar-refractivity contribution in [1.82, 2.24) is 5.32 Å². The van der Waals surface area contributed by atoms with Crippen LogP contribution in [0.5, 0.6) is 0 Å². The summed E-state index contributed by atoms with van der Waals surface area (Å²) in [5.41, 5.74) is 5.03. The first kappa shape index (κ1) is 20.3. The van der Waals surface area contributed by atoms with Crippen LogP contribution in [-0.2, 0) is 14.3 Å². The van der Waals surface area contributed by atoms with E-state index >= 15 is 0 Å². The third-order valence-electron chi connectivity index (χ3n) is 3.81. The Bertz CT molecular complexity index is 295. The highest BCUT2D eigenvalue weighted by molar-refractivity contribution is 5.75. The Morgan fingerprint density at radius 2 is 1.76 bits per heavy atom. The molecule has 5 heteroatoms. The summed E-state index contributed by atoms with van der Waals surface area (Å²) in [4.78, 5) is 11.3. The molecule has 0 saturated carbocycles. The minimum atomic E-state index is -0.218. The fraction of sp³-hybridized carbons (Fsp3) is 0.938. The van der Waals surface area contributed by atoms with E-state index < -0.39 is 0 Å². The molecule has 3 N–H and O–H groups in total. The van der Waals surface area contributed by atoms with Gasteiger partial charge in [0.2, 0.25) is 5.91 Å². The molecule has 0 saturated heterocycles. The topological polar surface area (TPSA) is 73.6 Å². The number of carbonyl (C=O) groups excluding carboxylic acids is 1. The fourth-order valence-corrected chi connectivity index (χ4v) is 1.89. The van der Waals surface area contributed by atoms with Crippen LogP contribution in [0.1, 0.15) is 60.3 Å². The maximum absolute atomic E-state index is 11.3. The monoisotopic (exact) mass is 302 g/mol. The first-order chi connectivity index (χ1) is 9.78. The van der Waals surface area contributed by atoms with E-state index in [-0.39, 0.29) is 17.1 Å². The predicted molar refractivity (Wildman–Crippen MR) is 86.3 cm³/mol. The van der Waals surface area contributed by atoms with Crippen molar-refractivity contribution in [3.63, 3.8) is 0 Å². The number of ether oxygens (including phenoxy) is 2. The minimum Gasteiger partial charge on any atom is -0.375 e. The van der Waals surface area contributed by atoms with Crippen molar-refractivity contribution >= 4 is 5.91 Å². The second kappa shape index (κ2) is 10.1. The second-order valence-electron chi connectivity index (χ2n) is 6.25. The smallest absolute Gasteiger partial charge is 0.219 e. The molecule has 21 heavy (non-hydrogen) atoms. The molecule has 0 rings (SSSR count). The summed E-state index contributed by atoms with van der Waals surface area (Å²) in [5, 5.41) is 2.90. The molecule has 0 fully saturated rings. The van der Waals surface area contributed by atoms with E-state index in [1.807, 2.05) is 6.92 Å². The van der Waals surface area contributed by atoms with E-state index in [9.17, 15) is 4.79 Å². The van der Waals surface area contributed by atoms with Gasteiger partial charge < -0.3 is 20.5 Å². The lowest BCUT2D eigenvalue weighted by Crippen LogP contribution is -2.36. The molecular formula is C16H34N2O3. The van der Waals surface area contributed by atoms with Crippen LogP contribution in [0.4, 0.5) is 0 Å². The molecular weight excluding hydrogens is 268 g/mol. The predicted octanol–water partition coefficient (Wildman–Crippen LogP) is 2.23. The normalized spacial score (nSPS) is 14.8. The molecule has 1 unspecified atom stereocenters. The third-order valence-corrected chi connectivity index (χ3v) is 3.81. The van der Waals surface area contributed by atoms with Gasteiger partial charge in [-0.3, -0.25) is 4.79 Å². The Balaban J connectivity index is 4.08. The number of amides is 1. The number of hydrogen-bond acceptors (Lipinski definition) is 4. The Morgan fingerprint density at radius 1 is 1.10 bits per heavy atom. The van der Waals surface area contributed by atoms with Crippen LogP contribution in [0.2, 0.25) is 0 Å². The maximum atomic E-state index is 11.3. The van der Waals surface area contributed by atoms with Gasteiger partial charge in [0.25, 0.3) is 0 Å². The zero-order chi connectivity index (χ0) is 16.4. The molecule has 0 aromatic carbocycles. The number of carbonyl (C=O) groups is 1. The van der Waals surface area contributed by atoms with Crippen LogP contribution in [0.3, 0.4) is 0 Å². The third kappa shape index (κ3) is 9.82. The zero-order valence-corrected chi connectivity index (χ0v) is 14.5. The summed E-state index contributed by atoms with van der Waals surface area (Å²) in [6.07, 6.45) is 3.08. The van der Waals surface area contributed by atoms with Gasteiger partial charge in [-0.1, -0.05) is 13.8 Å². The molecule has 0 heterocycles. The Morgan fingerprint density at radius 3 is 2.29 bits per heavy atom. The summed E-state index contributed by atoms with van der Waals surface area (Å²) < 4.78 is 11.7. The van der Waals surface area contributed by atoms with Crippen LogP contribution >= 0.6 is 0 Å². The molecule has 5 nitrogen and oxygen atoms in total. The van der Waals surface area contributed by atoms with Crippen LogP contribution < -0.4 is 11.1 Å². The minimum absolute atomic E-state index is 0.0878. The summed E-state index contributed by atoms with van der Waals surface area (Å²) in [6.45, 7) is 12.6. The average molecular weight is 302 g/mol. The van der Waals surface area contributed by atoms with Gasteiger partial charge in [-0.25, -0.2) is 0 Å². The number of nitrogens with one attached hydrogen (secondary N) is 1. The van der Waals surface area contributed by atoms with E-state index in [2.05, 4.69) is 33.0 Å². The van der Waals surface area contributed by atoms with Crippen LogP contribution in [0.15, 0.2) is 0 Å². The first-order valence-corrected chi connectivity index (χ1v) is 8.03. The van der Waals surface area contributed by atoms with E-state index in [4.69, 9.17) is 15.2 Å². The largest absolute Gasteiger partial charge is 0.375 e. The fourth-order valence-electron chi connectivity index (χ4n) is 1.89. The van der Waals surface area contributed by atoms with Crippen molar-refractivity contribution in [2.24, 2.45) is 5.73 Å². The molecule has 0 aliphatic heterocycles. The van der Waals surface area contributed by atoms with Gasteiger partial charge >= 0.3 is 0 Å². The van der Waals surface area contributed by atoms with Crippen molar-refractivity contribution in [2.45, 2.75) is 71.5 Å². The van der Waals surface area contributed by atoms with Gasteiger partial charge in [-0.2, -0.15) is 0 Å². The highest BCUT2D eigenvalue weighted by atomic mass is 16.5. The molecule has 1 amide bonds. The molecule has 1 atom stereocenters. The number of nitrogens with two attached hydrogens (primary N) is 1. The van der Waals surface area contributed by atoms with Gasteiger partial charge in [-0.15, -0.1) is 0 Å². The van der Waals surface area contributed by atoms with E-state index in [1.54, 1.807) is 0 Å². The number of hydrogen-bond donors (Lipinski definition) is 2. The van der Waals surface area contributed by atoms with Gasteiger partial charge in [0.15, 0.2) is 0 Å². The van der Waals surface area contributed by atoms with Gasteiger partial charge in [0, 0.05) is 19.5 Å². The summed E-state index contributed by atoms with van der Waals surface area (Å²) in [6, 6.07) is 0. The molecule has 0 radical (unpaired) electrons. The van der Waals surface area contributed by atoms with E-state index in [0.29, 0.717) is 32.7 Å².